The number of sulfonamides is 1. The minimum absolute atomic E-state index is 0.0382. The third-order valence-corrected chi connectivity index (χ3v) is 6.22. The van der Waals surface area contributed by atoms with Crippen molar-refractivity contribution in [2.24, 2.45) is 0 Å². The van der Waals surface area contributed by atoms with Gasteiger partial charge >= 0.3 is 0 Å². The largest absolute Gasteiger partial charge is 0.495 e. The molecule has 0 aromatic heterocycles. The predicted octanol–water partition coefficient (Wildman–Crippen LogP) is 3.39. The molecule has 0 aliphatic rings. The number of hydrogen-bond acceptors (Lipinski definition) is 5. The minimum Gasteiger partial charge on any atom is -0.495 e. The number of methoxy groups -OCH3 is 1. The van der Waals surface area contributed by atoms with Crippen molar-refractivity contribution < 1.29 is 22.3 Å². The highest BCUT2D eigenvalue weighted by atomic mass is 32.2. The molecule has 0 spiro atoms. The number of carbonyl (C=O) groups is 1. The van der Waals surface area contributed by atoms with Crippen molar-refractivity contribution >= 4 is 33.4 Å². The van der Waals surface area contributed by atoms with Crippen molar-refractivity contribution in [3.63, 3.8) is 0 Å². The van der Waals surface area contributed by atoms with Crippen LogP contribution in [0.3, 0.4) is 0 Å². The molecule has 28 heavy (non-hydrogen) atoms. The Morgan fingerprint density at radius 3 is 2.46 bits per heavy atom. The van der Waals surface area contributed by atoms with Gasteiger partial charge in [-0.1, -0.05) is 12.1 Å². The number of carbonyl (C=O) groups excluding carboxylic acids is 1. The molecule has 0 aliphatic heterocycles. The summed E-state index contributed by atoms with van der Waals surface area (Å²) in [7, 11) is -2.25. The lowest BCUT2D eigenvalue weighted by atomic mass is 10.2. The van der Waals surface area contributed by atoms with Gasteiger partial charge in [0.25, 0.3) is 0 Å². The van der Waals surface area contributed by atoms with E-state index in [4.69, 9.17) is 4.74 Å². The highest BCUT2D eigenvalue weighted by Gasteiger charge is 2.18. The Labute approximate surface area is 168 Å². The lowest BCUT2D eigenvalue weighted by Gasteiger charge is -2.14. The van der Waals surface area contributed by atoms with E-state index < -0.39 is 10.0 Å². The van der Waals surface area contributed by atoms with E-state index >= 15 is 0 Å². The summed E-state index contributed by atoms with van der Waals surface area (Å²) in [5.74, 6) is 0.469. The van der Waals surface area contributed by atoms with E-state index in [1.807, 2.05) is 0 Å². The molecule has 0 heterocycles. The number of thioether (sulfide) groups is 1. The Morgan fingerprint density at radius 1 is 1.18 bits per heavy atom. The summed E-state index contributed by atoms with van der Waals surface area (Å²) >= 11 is 1.37. The van der Waals surface area contributed by atoms with Crippen LogP contribution in [-0.2, 0) is 20.6 Å². The predicted molar refractivity (Wildman–Crippen MR) is 110 cm³/mol. The highest BCUT2D eigenvalue weighted by Crippen LogP contribution is 2.28. The Morgan fingerprint density at radius 2 is 1.86 bits per heavy atom. The molecule has 1 amide bonds. The van der Waals surface area contributed by atoms with E-state index in [1.165, 1.54) is 49.2 Å². The lowest BCUT2D eigenvalue weighted by Crippen LogP contribution is -2.30. The zero-order valence-corrected chi connectivity index (χ0v) is 17.5. The smallest absolute Gasteiger partial charge is 0.240 e. The molecule has 0 saturated carbocycles. The molecule has 9 heteroatoms. The van der Waals surface area contributed by atoms with Crippen LogP contribution in [0.4, 0.5) is 10.1 Å². The lowest BCUT2D eigenvalue weighted by molar-refractivity contribution is -0.113. The SMILES string of the molecule is COc1ccc(S(=O)(=O)NC(C)C)cc1NC(=O)CSCc1ccc(F)cc1. The summed E-state index contributed by atoms with van der Waals surface area (Å²) in [5.41, 5.74) is 1.19. The van der Waals surface area contributed by atoms with Crippen LogP contribution in [-0.4, -0.2) is 33.2 Å². The van der Waals surface area contributed by atoms with Gasteiger partial charge in [0.05, 0.1) is 23.4 Å². The molecule has 0 bridgehead atoms. The zero-order valence-electron chi connectivity index (χ0n) is 15.9. The van der Waals surface area contributed by atoms with Crippen LogP contribution in [0.5, 0.6) is 5.75 Å². The topological polar surface area (TPSA) is 84.5 Å². The van der Waals surface area contributed by atoms with Crippen molar-refractivity contribution in [1.29, 1.82) is 0 Å². The maximum atomic E-state index is 12.9. The third kappa shape index (κ3) is 6.50. The number of nitrogens with one attached hydrogen (secondary N) is 2. The van der Waals surface area contributed by atoms with E-state index in [0.717, 1.165) is 5.56 Å². The van der Waals surface area contributed by atoms with Crippen molar-refractivity contribution in [2.75, 3.05) is 18.2 Å². The molecular formula is C19H23FN2O4S2. The molecule has 2 rings (SSSR count). The molecule has 0 saturated heterocycles. The van der Waals surface area contributed by atoms with Crippen LogP contribution < -0.4 is 14.8 Å². The average molecular weight is 427 g/mol. The van der Waals surface area contributed by atoms with Gasteiger partial charge in [-0.3, -0.25) is 4.79 Å². The monoisotopic (exact) mass is 426 g/mol. The first-order valence-corrected chi connectivity index (χ1v) is 11.2. The Bertz CT molecular complexity index is 916. The second-order valence-electron chi connectivity index (χ2n) is 6.31. The molecule has 152 valence electrons. The third-order valence-electron chi connectivity index (χ3n) is 3.56. The van der Waals surface area contributed by atoms with Crippen LogP contribution in [0.15, 0.2) is 47.4 Å². The van der Waals surface area contributed by atoms with Crippen LogP contribution in [0.2, 0.25) is 0 Å². The Hall–Kier alpha value is -2.10. The highest BCUT2D eigenvalue weighted by molar-refractivity contribution is 7.99. The van der Waals surface area contributed by atoms with Crippen LogP contribution in [0.25, 0.3) is 0 Å². The van der Waals surface area contributed by atoms with Crippen molar-refractivity contribution in [1.82, 2.24) is 4.72 Å². The van der Waals surface area contributed by atoms with Crippen molar-refractivity contribution in [3.8, 4) is 5.75 Å². The number of ether oxygens (including phenoxy) is 1. The molecule has 0 aliphatic carbocycles. The molecule has 2 aromatic carbocycles. The maximum absolute atomic E-state index is 12.9. The fourth-order valence-corrected chi connectivity index (χ4v) is 4.42. The van der Waals surface area contributed by atoms with Gasteiger partial charge < -0.3 is 10.1 Å². The molecule has 0 fully saturated rings. The van der Waals surface area contributed by atoms with Gasteiger partial charge in [0.1, 0.15) is 11.6 Å². The first-order chi connectivity index (χ1) is 13.2. The minimum atomic E-state index is -3.69. The number of amides is 1. The summed E-state index contributed by atoms with van der Waals surface area (Å²) in [6.45, 7) is 3.45. The second kappa shape index (κ2) is 9.90. The van der Waals surface area contributed by atoms with E-state index in [2.05, 4.69) is 10.0 Å². The van der Waals surface area contributed by atoms with Crippen LogP contribution in [0.1, 0.15) is 19.4 Å². The summed E-state index contributed by atoms with van der Waals surface area (Å²) < 4.78 is 45.3. The standard InChI is InChI=1S/C19H23FN2O4S2/c1-13(2)22-28(24,25)16-8-9-18(26-3)17(10-16)21-19(23)12-27-11-14-4-6-15(20)7-5-14/h4-10,13,22H,11-12H2,1-3H3,(H,21,23). The number of anilines is 1. The van der Waals surface area contributed by atoms with Gasteiger partial charge in [0, 0.05) is 11.8 Å². The number of hydrogen-bond donors (Lipinski definition) is 2. The maximum Gasteiger partial charge on any atom is 0.240 e. The number of rotatable bonds is 9. The van der Waals surface area contributed by atoms with Crippen molar-refractivity contribution in [2.45, 2.75) is 30.5 Å². The van der Waals surface area contributed by atoms with Crippen LogP contribution in [0, 0.1) is 5.82 Å². The van der Waals surface area contributed by atoms with E-state index in [0.29, 0.717) is 11.5 Å². The summed E-state index contributed by atoms with van der Waals surface area (Å²) in [6, 6.07) is 10.1. The first-order valence-electron chi connectivity index (χ1n) is 8.53. The van der Waals surface area contributed by atoms with Gasteiger partial charge in [-0.15, -0.1) is 11.8 Å². The second-order valence-corrected chi connectivity index (χ2v) is 9.01. The van der Waals surface area contributed by atoms with Gasteiger partial charge in [-0.05, 0) is 49.7 Å². The molecule has 0 radical (unpaired) electrons. The number of halogens is 1. The summed E-state index contributed by atoms with van der Waals surface area (Å²) in [4.78, 5) is 12.3. The quantitative estimate of drug-likeness (QED) is 0.642. The summed E-state index contributed by atoms with van der Waals surface area (Å²) in [6.07, 6.45) is 0. The Kier molecular flexibility index (Phi) is 7.85. The van der Waals surface area contributed by atoms with Gasteiger partial charge in [-0.25, -0.2) is 17.5 Å². The zero-order chi connectivity index (χ0) is 20.7. The average Bonchev–Trinajstić information content (AvgIpc) is 2.62. The molecule has 6 nitrogen and oxygen atoms in total. The first kappa shape index (κ1) is 22.2. The molecular weight excluding hydrogens is 403 g/mol. The molecule has 0 atom stereocenters. The Balaban J connectivity index is 2.03. The number of benzene rings is 2. The molecule has 2 N–H and O–H groups in total. The molecule has 2 aromatic rings. The fourth-order valence-electron chi connectivity index (χ4n) is 2.36. The van der Waals surface area contributed by atoms with Gasteiger partial charge in [-0.2, -0.15) is 0 Å². The summed E-state index contributed by atoms with van der Waals surface area (Å²) in [5, 5.41) is 2.69. The van der Waals surface area contributed by atoms with E-state index in [9.17, 15) is 17.6 Å². The molecule has 0 unspecified atom stereocenters. The van der Waals surface area contributed by atoms with E-state index in [-0.39, 0.29) is 34.1 Å². The van der Waals surface area contributed by atoms with Crippen molar-refractivity contribution in [3.05, 3.63) is 53.8 Å². The van der Waals surface area contributed by atoms with Gasteiger partial charge in [0.2, 0.25) is 15.9 Å². The normalized spacial score (nSPS) is 11.5. The van der Waals surface area contributed by atoms with Gasteiger partial charge in [0.15, 0.2) is 0 Å². The van der Waals surface area contributed by atoms with E-state index in [1.54, 1.807) is 26.0 Å². The fraction of sp³-hybridized carbons (Fsp3) is 0.316. The van der Waals surface area contributed by atoms with Crippen LogP contribution >= 0.6 is 11.8 Å².